The van der Waals surface area contributed by atoms with E-state index in [4.69, 9.17) is 27.1 Å². The van der Waals surface area contributed by atoms with Gasteiger partial charge in [-0.1, -0.05) is 17.7 Å². The number of aromatic nitrogens is 4. The van der Waals surface area contributed by atoms with Gasteiger partial charge in [0.2, 0.25) is 5.95 Å². The van der Waals surface area contributed by atoms with Gasteiger partial charge in [-0.25, -0.2) is 14.5 Å². The highest BCUT2D eigenvalue weighted by Crippen LogP contribution is 2.43. The zero-order chi connectivity index (χ0) is 24.9. The number of nitrogens with zero attached hydrogens (tertiary/aromatic N) is 6. The summed E-state index contributed by atoms with van der Waals surface area (Å²) in [5.41, 5.74) is 11.5. The third-order valence-electron chi connectivity index (χ3n) is 7.64. The molecule has 4 aromatic rings. The molecule has 6 rings (SSSR count). The lowest BCUT2D eigenvalue weighted by atomic mass is 9.96. The van der Waals surface area contributed by atoms with E-state index in [2.05, 4.69) is 32.2 Å². The molecule has 1 aromatic carbocycles. The van der Waals surface area contributed by atoms with Crippen LogP contribution < -0.4 is 20.7 Å². The van der Waals surface area contributed by atoms with E-state index >= 15 is 0 Å². The minimum absolute atomic E-state index is 0.252. The van der Waals surface area contributed by atoms with Crippen molar-refractivity contribution in [1.29, 1.82) is 0 Å². The first-order valence-electron chi connectivity index (χ1n) is 12.1. The molecule has 0 bridgehead atoms. The molecular formula is C26H29ClN8O. The Kier molecular flexibility index (Phi) is 5.61. The van der Waals surface area contributed by atoms with Crippen molar-refractivity contribution in [1.82, 2.24) is 24.5 Å². The molecule has 5 heterocycles. The van der Waals surface area contributed by atoms with Crippen LogP contribution in [-0.4, -0.2) is 63.8 Å². The topological polar surface area (TPSA) is 96.8 Å². The summed E-state index contributed by atoms with van der Waals surface area (Å²) in [5, 5.41) is 8.12. The molecule has 9 nitrogen and oxygen atoms in total. The van der Waals surface area contributed by atoms with Crippen molar-refractivity contribution < 1.29 is 4.74 Å². The van der Waals surface area contributed by atoms with Crippen LogP contribution in [0, 0.1) is 0 Å². The molecule has 0 amide bonds. The number of rotatable bonds is 5. The summed E-state index contributed by atoms with van der Waals surface area (Å²) in [6, 6.07) is 9.75. The number of nitrogen functional groups attached to an aromatic ring is 1. The largest absolute Gasteiger partial charge is 0.494 e. The third kappa shape index (κ3) is 3.79. The van der Waals surface area contributed by atoms with Gasteiger partial charge < -0.3 is 20.7 Å². The van der Waals surface area contributed by atoms with E-state index in [0.717, 1.165) is 42.8 Å². The van der Waals surface area contributed by atoms with E-state index in [1.165, 1.54) is 12.8 Å². The number of likely N-dealkylation sites (N-methyl/N-ethyl adjacent to an activating group) is 1. The first kappa shape index (κ1) is 22.9. The number of nitrogens with two attached hydrogens (primary N) is 1. The number of hydrogen-bond acceptors (Lipinski definition) is 8. The van der Waals surface area contributed by atoms with E-state index in [1.54, 1.807) is 24.0 Å². The molecule has 10 heteroatoms. The van der Waals surface area contributed by atoms with Crippen molar-refractivity contribution in [3.63, 3.8) is 0 Å². The summed E-state index contributed by atoms with van der Waals surface area (Å²) in [5.74, 6) is 1.07. The average molecular weight is 505 g/mol. The Balaban J connectivity index is 1.30. The molecule has 1 spiro atoms. The molecule has 2 aliphatic rings. The standard InChI is InChI=1S/C26H29ClN8O/c1-33-9-5-7-26(33)8-11-34(16-26)22-13-23(36-2)20(12-19(22)28)31-25-29-15-18(27)24(32-25)17-14-30-35-10-4-3-6-21(17)35/h3-4,6,10,12-15H,5,7-9,11,16,28H2,1-2H3,(H,29,31,32). The van der Waals surface area contributed by atoms with Gasteiger partial charge in [-0.3, -0.25) is 4.90 Å². The Morgan fingerprint density at radius 3 is 2.86 bits per heavy atom. The number of pyridine rings is 1. The number of fused-ring (bicyclic) bond motifs is 1. The van der Waals surface area contributed by atoms with Crippen LogP contribution in [0.5, 0.6) is 5.75 Å². The minimum Gasteiger partial charge on any atom is -0.494 e. The molecular weight excluding hydrogens is 476 g/mol. The summed E-state index contributed by atoms with van der Waals surface area (Å²) in [6.45, 7) is 3.12. The van der Waals surface area contributed by atoms with Crippen molar-refractivity contribution >= 4 is 40.1 Å². The molecule has 3 aromatic heterocycles. The van der Waals surface area contributed by atoms with Gasteiger partial charge in [-0.2, -0.15) is 5.10 Å². The van der Waals surface area contributed by atoms with E-state index < -0.39 is 0 Å². The number of hydrogen-bond donors (Lipinski definition) is 2. The van der Waals surface area contributed by atoms with Crippen LogP contribution in [0.3, 0.4) is 0 Å². The van der Waals surface area contributed by atoms with Gasteiger partial charge >= 0.3 is 0 Å². The van der Waals surface area contributed by atoms with Crippen LogP contribution in [0.2, 0.25) is 5.02 Å². The number of nitrogens with one attached hydrogen (secondary N) is 1. The molecule has 0 radical (unpaired) electrons. The SMILES string of the molecule is COc1cc(N2CCC3(CCCN3C)C2)c(N)cc1Nc1ncc(Cl)c(-c2cnn3ccccc23)n1. The summed E-state index contributed by atoms with van der Waals surface area (Å²) in [4.78, 5) is 14.0. The molecule has 0 aliphatic carbocycles. The van der Waals surface area contributed by atoms with Crippen LogP contribution in [0.25, 0.3) is 16.8 Å². The average Bonchev–Trinajstić information content (AvgIpc) is 3.60. The second-order valence-electron chi connectivity index (χ2n) is 9.64. The fourth-order valence-electron chi connectivity index (χ4n) is 5.63. The molecule has 1 atom stereocenters. The second-order valence-corrected chi connectivity index (χ2v) is 10.0. The molecule has 3 N–H and O–H groups in total. The van der Waals surface area contributed by atoms with Crippen LogP contribution >= 0.6 is 11.6 Å². The Morgan fingerprint density at radius 1 is 1.17 bits per heavy atom. The first-order chi connectivity index (χ1) is 17.5. The second kappa shape index (κ2) is 8.83. The van der Waals surface area contributed by atoms with E-state index in [-0.39, 0.29) is 5.54 Å². The maximum absolute atomic E-state index is 6.57. The number of methoxy groups -OCH3 is 1. The zero-order valence-electron chi connectivity index (χ0n) is 20.4. The van der Waals surface area contributed by atoms with Crippen LogP contribution in [-0.2, 0) is 0 Å². The number of benzene rings is 1. The fourth-order valence-corrected chi connectivity index (χ4v) is 5.82. The summed E-state index contributed by atoms with van der Waals surface area (Å²) < 4.78 is 7.53. The van der Waals surface area contributed by atoms with Gasteiger partial charge in [-0.15, -0.1) is 0 Å². The molecule has 2 saturated heterocycles. The Morgan fingerprint density at radius 2 is 2.06 bits per heavy atom. The smallest absolute Gasteiger partial charge is 0.227 e. The van der Waals surface area contributed by atoms with Crippen LogP contribution in [0.15, 0.2) is 48.9 Å². The summed E-state index contributed by atoms with van der Waals surface area (Å²) >= 11 is 6.49. The third-order valence-corrected chi connectivity index (χ3v) is 7.92. The maximum Gasteiger partial charge on any atom is 0.227 e. The van der Waals surface area contributed by atoms with Crippen molar-refractivity contribution in [2.75, 3.05) is 49.7 Å². The summed E-state index contributed by atoms with van der Waals surface area (Å²) in [7, 11) is 3.89. The fraction of sp³-hybridized carbons (Fsp3) is 0.346. The maximum atomic E-state index is 6.57. The zero-order valence-corrected chi connectivity index (χ0v) is 21.2. The predicted molar refractivity (Wildman–Crippen MR) is 143 cm³/mol. The van der Waals surface area contributed by atoms with Crippen molar-refractivity contribution in [2.24, 2.45) is 0 Å². The van der Waals surface area contributed by atoms with E-state index in [1.807, 2.05) is 36.5 Å². The van der Waals surface area contributed by atoms with Crippen molar-refractivity contribution in [2.45, 2.75) is 24.8 Å². The highest BCUT2D eigenvalue weighted by molar-refractivity contribution is 6.33. The van der Waals surface area contributed by atoms with Gasteiger partial charge in [0.05, 0.1) is 52.8 Å². The predicted octanol–water partition coefficient (Wildman–Crippen LogP) is 4.45. The van der Waals surface area contributed by atoms with Crippen molar-refractivity contribution in [3.05, 3.63) is 53.9 Å². The lowest BCUT2D eigenvalue weighted by Gasteiger charge is -2.32. The van der Waals surface area contributed by atoms with E-state index in [0.29, 0.717) is 33.8 Å². The Labute approximate surface area is 214 Å². The van der Waals surface area contributed by atoms with Gasteiger partial charge in [0.25, 0.3) is 0 Å². The normalized spacial score (nSPS) is 20.0. The van der Waals surface area contributed by atoms with Crippen LogP contribution in [0.4, 0.5) is 23.0 Å². The van der Waals surface area contributed by atoms with Gasteiger partial charge in [-0.05, 0) is 51.1 Å². The van der Waals surface area contributed by atoms with Gasteiger partial charge in [0, 0.05) is 36.5 Å². The molecule has 186 valence electrons. The molecule has 2 fully saturated rings. The Bertz CT molecular complexity index is 1440. The molecule has 0 saturated carbocycles. The number of halogens is 1. The van der Waals surface area contributed by atoms with Crippen LogP contribution in [0.1, 0.15) is 19.3 Å². The quantitative estimate of drug-likeness (QED) is 0.385. The molecule has 1 unspecified atom stereocenters. The lowest BCUT2D eigenvalue weighted by molar-refractivity contribution is 0.198. The minimum atomic E-state index is 0.252. The highest BCUT2D eigenvalue weighted by Gasteiger charge is 2.44. The molecule has 36 heavy (non-hydrogen) atoms. The number of ether oxygens (including phenoxy) is 1. The first-order valence-corrected chi connectivity index (χ1v) is 12.5. The van der Waals surface area contributed by atoms with Crippen molar-refractivity contribution in [3.8, 4) is 17.0 Å². The van der Waals surface area contributed by atoms with E-state index in [9.17, 15) is 0 Å². The monoisotopic (exact) mass is 504 g/mol. The number of anilines is 4. The molecule has 2 aliphatic heterocycles. The highest BCUT2D eigenvalue weighted by atomic mass is 35.5. The van der Waals surface area contributed by atoms with Gasteiger partial charge in [0.15, 0.2) is 0 Å². The lowest BCUT2D eigenvalue weighted by Crippen LogP contribution is -2.43. The Hall–Kier alpha value is -3.56. The summed E-state index contributed by atoms with van der Waals surface area (Å²) in [6.07, 6.45) is 8.87. The number of likely N-dealkylation sites (tertiary alicyclic amines) is 1. The van der Waals surface area contributed by atoms with Gasteiger partial charge in [0.1, 0.15) is 5.75 Å².